The third-order valence-electron chi connectivity index (χ3n) is 7.65. The highest BCUT2D eigenvalue weighted by Crippen LogP contribution is 2.40. The molecule has 4 N–H and O–H groups in total. The van der Waals surface area contributed by atoms with Crippen molar-refractivity contribution >= 4 is 17.8 Å². The summed E-state index contributed by atoms with van der Waals surface area (Å²) in [5, 5.41) is 34.0. The highest BCUT2D eigenvalue weighted by atomic mass is 19.4. The van der Waals surface area contributed by atoms with Gasteiger partial charge in [0.1, 0.15) is 6.04 Å². The Morgan fingerprint density at radius 3 is 2.68 bits per heavy atom. The Balaban J connectivity index is 1.53. The van der Waals surface area contributed by atoms with Crippen molar-refractivity contribution in [3.63, 3.8) is 0 Å². The molecule has 37 heavy (non-hydrogen) atoms. The van der Waals surface area contributed by atoms with E-state index in [1.165, 1.54) is 6.92 Å². The number of alkyl halides is 3. The van der Waals surface area contributed by atoms with E-state index in [2.05, 4.69) is 20.8 Å². The SMILES string of the molecule is Cc1cc(CN2CCN(C(=O)O)[C@@](C)([C@@H](C)C(F)(F)F)C2)c(C)c(Nc2nnc([C@H]3NCC[C@H]3O)o2)c1. The average molecular weight is 527 g/mol. The standard InChI is InChI=1S/C24H33F3N6O4/c1-13-9-16(11-32-7-8-33(22(35)36)23(4,12-32)15(3)24(25,26)27)14(2)17(10-13)29-21-31-30-20(37-21)19-18(34)5-6-28-19/h9-10,15,18-19,28,34H,5-8,11-12H2,1-4H3,(H,29,31)(H,35,36)/t15-,18-,19+,23-/m1/s1. The van der Waals surface area contributed by atoms with Crippen molar-refractivity contribution in [1.29, 1.82) is 0 Å². The molecule has 3 heterocycles. The molecule has 2 fully saturated rings. The number of rotatable bonds is 6. The Hall–Kier alpha value is -2.90. The third kappa shape index (κ3) is 5.53. The van der Waals surface area contributed by atoms with E-state index in [0.29, 0.717) is 31.7 Å². The maximum atomic E-state index is 13.7. The number of carboxylic acid groups (broad SMARTS) is 1. The number of piperazine rings is 1. The van der Waals surface area contributed by atoms with Crippen LogP contribution in [0.5, 0.6) is 0 Å². The largest absolute Gasteiger partial charge is 0.465 e. The normalized spacial score (nSPS) is 25.9. The van der Waals surface area contributed by atoms with Crippen molar-refractivity contribution in [2.45, 2.75) is 64.5 Å². The molecular formula is C24H33F3N6O4. The number of halogens is 3. The summed E-state index contributed by atoms with van der Waals surface area (Å²) in [6, 6.07) is 3.61. The number of anilines is 2. The lowest BCUT2D eigenvalue weighted by Gasteiger charge is -2.51. The van der Waals surface area contributed by atoms with Crippen LogP contribution in [0.25, 0.3) is 0 Å². The van der Waals surface area contributed by atoms with E-state index >= 15 is 0 Å². The van der Waals surface area contributed by atoms with Crippen LogP contribution in [0.4, 0.5) is 29.7 Å². The van der Waals surface area contributed by atoms with Gasteiger partial charge in [0.15, 0.2) is 0 Å². The Morgan fingerprint density at radius 2 is 2.05 bits per heavy atom. The van der Waals surface area contributed by atoms with Crippen LogP contribution in [0, 0.1) is 19.8 Å². The molecule has 2 aromatic rings. The van der Waals surface area contributed by atoms with Crippen molar-refractivity contribution in [3.8, 4) is 0 Å². The zero-order valence-electron chi connectivity index (χ0n) is 21.3. The molecule has 0 unspecified atom stereocenters. The first-order chi connectivity index (χ1) is 17.3. The molecule has 1 aromatic heterocycles. The van der Waals surface area contributed by atoms with Gasteiger partial charge < -0.3 is 25.3 Å². The fourth-order valence-electron chi connectivity index (χ4n) is 5.22. The van der Waals surface area contributed by atoms with Gasteiger partial charge in [0.05, 0.1) is 17.6 Å². The first-order valence-corrected chi connectivity index (χ1v) is 12.2. The number of aliphatic hydroxyl groups is 1. The maximum Gasteiger partial charge on any atom is 0.407 e. The summed E-state index contributed by atoms with van der Waals surface area (Å²) in [6.45, 7) is 7.44. The number of aromatic nitrogens is 2. The minimum absolute atomic E-state index is 0.0198. The number of nitrogens with zero attached hydrogens (tertiary/aromatic N) is 4. The molecule has 13 heteroatoms. The molecule has 2 aliphatic rings. The van der Waals surface area contributed by atoms with Crippen LogP contribution >= 0.6 is 0 Å². The van der Waals surface area contributed by atoms with Crippen molar-refractivity contribution in [2.75, 3.05) is 31.5 Å². The van der Waals surface area contributed by atoms with Gasteiger partial charge in [-0.05, 0) is 56.5 Å². The zero-order chi connectivity index (χ0) is 27.1. The van der Waals surface area contributed by atoms with E-state index in [4.69, 9.17) is 4.42 Å². The number of hydrogen-bond acceptors (Lipinski definition) is 8. The molecule has 1 amide bonds. The fraction of sp³-hybridized carbons (Fsp3) is 0.625. The molecule has 0 spiro atoms. The van der Waals surface area contributed by atoms with Crippen molar-refractivity contribution in [2.24, 2.45) is 5.92 Å². The van der Waals surface area contributed by atoms with Crippen LogP contribution in [0.2, 0.25) is 0 Å². The number of hydrogen-bond donors (Lipinski definition) is 4. The highest BCUT2D eigenvalue weighted by molar-refractivity contribution is 5.66. The van der Waals surface area contributed by atoms with Gasteiger partial charge in [0.25, 0.3) is 0 Å². The Labute approximate surface area is 212 Å². The van der Waals surface area contributed by atoms with Gasteiger partial charge in [-0.3, -0.25) is 9.80 Å². The second-order valence-electron chi connectivity index (χ2n) is 10.2. The Bertz CT molecular complexity index is 1140. The molecule has 0 bridgehead atoms. The van der Waals surface area contributed by atoms with Crippen molar-refractivity contribution < 1.29 is 32.6 Å². The van der Waals surface area contributed by atoms with Crippen LogP contribution in [0.3, 0.4) is 0 Å². The van der Waals surface area contributed by atoms with Gasteiger partial charge in [-0.25, -0.2) is 4.79 Å². The van der Waals surface area contributed by atoms with Gasteiger partial charge in [-0.2, -0.15) is 13.2 Å². The summed E-state index contributed by atoms with van der Waals surface area (Å²) in [4.78, 5) is 14.6. The predicted octanol–water partition coefficient (Wildman–Crippen LogP) is 3.58. The van der Waals surface area contributed by atoms with E-state index in [-0.39, 0.29) is 25.0 Å². The van der Waals surface area contributed by atoms with Gasteiger partial charge >= 0.3 is 18.3 Å². The zero-order valence-corrected chi connectivity index (χ0v) is 21.3. The molecule has 0 saturated carbocycles. The second kappa shape index (κ2) is 10.1. The van der Waals surface area contributed by atoms with E-state index in [9.17, 15) is 28.2 Å². The minimum atomic E-state index is -4.53. The summed E-state index contributed by atoms with van der Waals surface area (Å²) in [5.41, 5.74) is 1.75. The first-order valence-electron chi connectivity index (χ1n) is 12.2. The number of benzene rings is 1. The quantitative estimate of drug-likeness (QED) is 0.447. The first kappa shape index (κ1) is 27.1. The minimum Gasteiger partial charge on any atom is -0.465 e. The van der Waals surface area contributed by atoms with Gasteiger partial charge in [-0.15, -0.1) is 5.10 Å². The number of nitrogens with one attached hydrogen (secondary N) is 2. The molecule has 0 aliphatic carbocycles. The molecule has 0 radical (unpaired) electrons. The molecule has 1 aromatic carbocycles. The average Bonchev–Trinajstić information content (AvgIpc) is 3.44. The molecule has 4 rings (SSSR count). The number of amides is 1. The third-order valence-corrected chi connectivity index (χ3v) is 7.65. The van der Waals surface area contributed by atoms with Crippen LogP contribution in [0.1, 0.15) is 48.9 Å². The molecule has 10 nitrogen and oxygen atoms in total. The second-order valence-corrected chi connectivity index (χ2v) is 10.2. The lowest BCUT2D eigenvalue weighted by Crippen LogP contribution is -2.66. The smallest absolute Gasteiger partial charge is 0.407 e. The Morgan fingerprint density at radius 1 is 1.32 bits per heavy atom. The van der Waals surface area contributed by atoms with Crippen molar-refractivity contribution in [1.82, 2.24) is 25.3 Å². The lowest BCUT2D eigenvalue weighted by atomic mass is 9.82. The summed E-state index contributed by atoms with van der Waals surface area (Å²) in [5.74, 6) is -1.55. The van der Waals surface area contributed by atoms with E-state index < -0.39 is 35.9 Å². The molecular weight excluding hydrogens is 493 g/mol. The van der Waals surface area contributed by atoms with Crippen LogP contribution in [0.15, 0.2) is 16.5 Å². The molecule has 4 atom stereocenters. The highest BCUT2D eigenvalue weighted by Gasteiger charge is 2.54. The summed E-state index contributed by atoms with van der Waals surface area (Å²) in [6.07, 6.45) is -5.89. The van der Waals surface area contributed by atoms with E-state index in [1.54, 1.807) is 0 Å². The molecule has 2 aliphatic heterocycles. The monoisotopic (exact) mass is 526 g/mol. The van der Waals surface area contributed by atoms with E-state index in [0.717, 1.165) is 28.5 Å². The van der Waals surface area contributed by atoms with Crippen LogP contribution < -0.4 is 10.6 Å². The van der Waals surface area contributed by atoms with Crippen LogP contribution in [-0.4, -0.2) is 80.3 Å². The van der Waals surface area contributed by atoms with Gasteiger partial charge in [0, 0.05) is 31.9 Å². The summed E-state index contributed by atoms with van der Waals surface area (Å²) >= 11 is 0. The lowest BCUT2D eigenvalue weighted by molar-refractivity contribution is -0.208. The molecule has 204 valence electrons. The van der Waals surface area contributed by atoms with Crippen LogP contribution in [-0.2, 0) is 6.54 Å². The van der Waals surface area contributed by atoms with Gasteiger partial charge in [0.2, 0.25) is 5.89 Å². The number of aryl methyl sites for hydroxylation is 1. The van der Waals surface area contributed by atoms with Crippen molar-refractivity contribution in [3.05, 3.63) is 34.7 Å². The molecule has 2 saturated heterocycles. The predicted molar refractivity (Wildman–Crippen MR) is 128 cm³/mol. The summed E-state index contributed by atoms with van der Waals surface area (Å²) in [7, 11) is 0. The maximum absolute atomic E-state index is 13.7. The van der Waals surface area contributed by atoms with Gasteiger partial charge in [-0.1, -0.05) is 18.1 Å². The number of aliphatic hydroxyl groups excluding tert-OH is 1. The Kier molecular flexibility index (Phi) is 7.41. The summed E-state index contributed by atoms with van der Waals surface area (Å²) < 4.78 is 46.8. The topological polar surface area (TPSA) is 127 Å². The fourth-order valence-corrected chi connectivity index (χ4v) is 5.22. The number of carbonyl (C=O) groups is 1. The van der Waals surface area contributed by atoms with E-state index in [1.807, 2.05) is 30.9 Å².